The van der Waals surface area contributed by atoms with Crippen molar-refractivity contribution in [3.8, 4) is 0 Å². The number of hydrogen-bond acceptors (Lipinski definition) is 4. The Morgan fingerprint density at radius 1 is 1.44 bits per heavy atom. The van der Waals surface area contributed by atoms with E-state index < -0.39 is 0 Å². The number of ketones is 1. The molecule has 0 saturated heterocycles. The molecule has 0 spiro atoms. The Kier molecular flexibility index (Phi) is 3.61. The van der Waals surface area contributed by atoms with Crippen molar-refractivity contribution in [2.45, 2.75) is 33.6 Å². The number of nitrogens with zero attached hydrogens (tertiary/aromatic N) is 3. The molecule has 0 aliphatic heterocycles. The molecule has 0 amide bonds. The lowest BCUT2D eigenvalue weighted by Gasteiger charge is -2.00. The second-order valence-electron chi connectivity index (χ2n) is 4.35. The molecule has 18 heavy (non-hydrogen) atoms. The van der Waals surface area contributed by atoms with Crippen molar-refractivity contribution in [2.24, 2.45) is 7.05 Å². The molecule has 5 heteroatoms. The molecular weight excluding hydrogens is 246 g/mol. The molecule has 96 valence electrons. The largest absolute Gasteiger partial charge is 0.293 e. The van der Waals surface area contributed by atoms with E-state index in [9.17, 15) is 4.79 Å². The third kappa shape index (κ3) is 2.51. The molecule has 2 heterocycles. The summed E-state index contributed by atoms with van der Waals surface area (Å²) in [6.07, 6.45) is 1.28. The van der Waals surface area contributed by atoms with Gasteiger partial charge in [-0.3, -0.25) is 9.48 Å². The van der Waals surface area contributed by atoms with E-state index in [-0.39, 0.29) is 5.78 Å². The van der Waals surface area contributed by atoms with Crippen LogP contribution in [0.3, 0.4) is 0 Å². The van der Waals surface area contributed by atoms with Gasteiger partial charge in [0, 0.05) is 12.7 Å². The SMILES string of the molecule is CCc1cc(CC(=O)c2sc(C)nc2C)n(C)n1. The number of aromatic nitrogens is 3. The van der Waals surface area contributed by atoms with Crippen molar-refractivity contribution in [1.29, 1.82) is 0 Å². The second kappa shape index (κ2) is 5.02. The Morgan fingerprint density at radius 3 is 2.67 bits per heavy atom. The maximum absolute atomic E-state index is 12.2. The fourth-order valence-electron chi connectivity index (χ4n) is 1.94. The van der Waals surface area contributed by atoms with Gasteiger partial charge in [-0.15, -0.1) is 11.3 Å². The lowest BCUT2D eigenvalue weighted by atomic mass is 10.1. The van der Waals surface area contributed by atoms with E-state index in [4.69, 9.17) is 0 Å². The van der Waals surface area contributed by atoms with Crippen LogP contribution in [0.2, 0.25) is 0 Å². The Labute approximate surface area is 111 Å². The average molecular weight is 263 g/mol. The molecule has 0 aromatic carbocycles. The zero-order valence-electron chi connectivity index (χ0n) is 11.1. The molecule has 4 nitrogen and oxygen atoms in total. The number of rotatable bonds is 4. The van der Waals surface area contributed by atoms with Gasteiger partial charge in [0.2, 0.25) is 0 Å². The number of Topliss-reactive ketones (excluding diaryl/α,β-unsaturated/α-hetero) is 1. The van der Waals surface area contributed by atoms with E-state index in [1.54, 1.807) is 4.68 Å². The fourth-order valence-corrected chi connectivity index (χ4v) is 2.80. The van der Waals surface area contributed by atoms with Gasteiger partial charge in [-0.05, 0) is 26.3 Å². The molecule has 0 aliphatic carbocycles. The average Bonchev–Trinajstić information content (AvgIpc) is 2.82. The van der Waals surface area contributed by atoms with Crippen molar-refractivity contribution in [3.63, 3.8) is 0 Å². The normalized spacial score (nSPS) is 10.9. The zero-order chi connectivity index (χ0) is 13.3. The number of aryl methyl sites for hydroxylation is 4. The minimum atomic E-state index is 0.128. The number of hydrogen-bond donors (Lipinski definition) is 0. The highest BCUT2D eigenvalue weighted by atomic mass is 32.1. The first-order valence-electron chi connectivity index (χ1n) is 6.00. The third-order valence-electron chi connectivity index (χ3n) is 2.89. The summed E-state index contributed by atoms with van der Waals surface area (Å²) < 4.78 is 1.79. The van der Waals surface area contributed by atoms with Gasteiger partial charge in [-0.2, -0.15) is 5.10 Å². The van der Waals surface area contributed by atoms with Gasteiger partial charge in [-0.25, -0.2) is 4.98 Å². The summed E-state index contributed by atoms with van der Waals surface area (Å²) in [7, 11) is 1.88. The van der Waals surface area contributed by atoms with E-state index >= 15 is 0 Å². The summed E-state index contributed by atoms with van der Waals surface area (Å²) in [5.74, 6) is 0.128. The van der Waals surface area contributed by atoms with Crippen LogP contribution in [0.5, 0.6) is 0 Å². The number of thiazole rings is 1. The first-order valence-corrected chi connectivity index (χ1v) is 6.82. The van der Waals surface area contributed by atoms with Crippen LogP contribution in [0.4, 0.5) is 0 Å². The highest BCUT2D eigenvalue weighted by Crippen LogP contribution is 2.19. The molecule has 2 aromatic heterocycles. The standard InChI is InChI=1S/C13H17N3OS/c1-5-10-6-11(16(4)15-10)7-12(17)13-8(2)14-9(3)18-13/h6H,5,7H2,1-4H3. The molecule has 0 radical (unpaired) electrons. The predicted octanol–water partition coefficient (Wildman–Crippen LogP) is 2.48. The van der Waals surface area contributed by atoms with Crippen LogP contribution < -0.4 is 0 Å². The topological polar surface area (TPSA) is 47.8 Å². The molecule has 0 aliphatic rings. The van der Waals surface area contributed by atoms with Crippen LogP contribution in [0, 0.1) is 13.8 Å². The first-order chi connectivity index (χ1) is 8.51. The molecular formula is C13H17N3OS. The summed E-state index contributed by atoms with van der Waals surface area (Å²) >= 11 is 1.47. The highest BCUT2D eigenvalue weighted by molar-refractivity contribution is 7.13. The van der Waals surface area contributed by atoms with Crippen LogP contribution in [-0.4, -0.2) is 20.5 Å². The van der Waals surface area contributed by atoms with Gasteiger partial charge < -0.3 is 0 Å². The van der Waals surface area contributed by atoms with Gasteiger partial charge >= 0.3 is 0 Å². The van der Waals surface area contributed by atoms with Crippen LogP contribution in [0.25, 0.3) is 0 Å². The summed E-state index contributed by atoms with van der Waals surface area (Å²) in [6, 6.07) is 2.00. The summed E-state index contributed by atoms with van der Waals surface area (Å²) in [5, 5.41) is 5.30. The van der Waals surface area contributed by atoms with E-state index in [1.807, 2.05) is 27.0 Å². The van der Waals surface area contributed by atoms with Gasteiger partial charge in [0.25, 0.3) is 0 Å². The Balaban J connectivity index is 2.21. The van der Waals surface area contributed by atoms with Gasteiger partial charge in [-0.1, -0.05) is 6.92 Å². The Hall–Kier alpha value is -1.49. The summed E-state index contributed by atoms with van der Waals surface area (Å²) in [5.41, 5.74) is 2.82. The Morgan fingerprint density at radius 2 is 2.17 bits per heavy atom. The minimum Gasteiger partial charge on any atom is -0.293 e. The third-order valence-corrected chi connectivity index (χ3v) is 4.00. The number of carbonyl (C=O) groups excluding carboxylic acids is 1. The molecule has 0 N–H and O–H groups in total. The summed E-state index contributed by atoms with van der Waals surface area (Å²) in [6.45, 7) is 5.87. The van der Waals surface area contributed by atoms with E-state index in [2.05, 4.69) is 17.0 Å². The lowest BCUT2D eigenvalue weighted by Crippen LogP contribution is -2.07. The van der Waals surface area contributed by atoms with Crippen molar-refractivity contribution < 1.29 is 4.79 Å². The second-order valence-corrected chi connectivity index (χ2v) is 5.55. The maximum Gasteiger partial charge on any atom is 0.180 e. The Bertz CT molecular complexity index is 583. The van der Waals surface area contributed by atoms with Crippen molar-refractivity contribution in [1.82, 2.24) is 14.8 Å². The van der Waals surface area contributed by atoms with Crippen LogP contribution in [0.1, 0.15) is 38.7 Å². The van der Waals surface area contributed by atoms with Crippen molar-refractivity contribution in [3.05, 3.63) is 33.0 Å². The maximum atomic E-state index is 12.2. The van der Waals surface area contributed by atoms with Gasteiger partial charge in [0.15, 0.2) is 5.78 Å². The van der Waals surface area contributed by atoms with Crippen molar-refractivity contribution >= 4 is 17.1 Å². The quantitative estimate of drug-likeness (QED) is 0.796. The molecule has 2 aromatic rings. The van der Waals surface area contributed by atoms with E-state index in [0.717, 1.165) is 33.4 Å². The van der Waals surface area contributed by atoms with Crippen molar-refractivity contribution in [2.75, 3.05) is 0 Å². The van der Waals surface area contributed by atoms with Crippen LogP contribution >= 0.6 is 11.3 Å². The van der Waals surface area contributed by atoms with Crippen LogP contribution in [0.15, 0.2) is 6.07 Å². The molecule has 0 bridgehead atoms. The first kappa shape index (κ1) is 13.0. The van der Waals surface area contributed by atoms with E-state index in [1.165, 1.54) is 11.3 Å². The van der Waals surface area contributed by atoms with Gasteiger partial charge in [0.05, 0.1) is 27.7 Å². The molecule has 0 unspecified atom stereocenters. The molecule has 2 rings (SSSR count). The lowest BCUT2D eigenvalue weighted by molar-refractivity contribution is 0.0994. The molecule has 0 saturated carbocycles. The van der Waals surface area contributed by atoms with Crippen LogP contribution in [-0.2, 0) is 19.9 Å². The smallest absolute Gasteiger partial charge is 0.180 e. The summed E-state index contributed by atoms with van der Waals surface area (Å²) in [4.78, 5) is 17.3. The molecule has 0 fully saturated rings. The highest BCUT2D eigenvalue weighted by Gasteiger charge is 2.16. The fraction of sp³-hybridized carbons (Fsp3) is 0.462. The van der Waals surface area contributed by atoms with Gasteiger partial charge in [0.1, 0.15) is 0 Å². The number of carbonyl (C=O) groups is 1. The zero-order valence-corrected chi connectivity index (χ0v) is 12.0. The monoisotopic (exact) mass is 263 g/mol. The predicted molar refractivity (Wildman–Crippen MR) is 72.2 cm³/mol. The minimum absolute atomic E-state index is 0.128. The van der Waals surface area contributed by atoms with E-state index in [0.29, 0.717) is 6.42 Å². The molecule has 0 atom stereocenters.